The number of carbonyl (C=O) groups is 1. The van der Waals surface area contributed by atoms with Crippen LogP contribution in [0.5, 0.6) is 0 Å². The van der Waals surface area contributed by atoms with E-state index >= 15 is 0 Å². The molecule has 1 aromatic heterocycles. The molecule has 3 nitrogen and oxygen atoms in total. The summed E-state index contributed by atoms with van der Waals surface area (Å²) in [6.45, 7) is 0. The highest BCUT2D eigenvalue weighted by atomic mass is 35.5. The van der Waals surface area contributed by atoms with Gasteiger partial charge in [-0.3, -0.25) is 4.79 Å². The number of methoxy groups -OCH3 is 1. The molecule has 0 saturated carbocycles. The van der Waals surface area contributed by atoms with Crippen LogP contribution < -0.4 is 0 Å². The lowest BCUT2D eigenvalue weighted by atomic mass is 10.3. The molecule has 0 aromatic carbocycles. The van der Waals surface area contributed by atoms with Gasteiger partial charge in [0.15, 0.2) is 0 Å². The van der Waals surface area contributed by atoms with Crippen LogP contribution in [-0.2, 0) is 15.3 Å². The molecule has 1 rings (SSSR count). The van der Waals surface area contributed by atoms with Crippen LogP contribution in [-0.4, -0.2) is 23.8 Å². The minimum Gasteiger partial charge on any atom is -0.468 e. The van der Waals surface area contributed by atoms with Gasteiger partial charge in [-0.15, -0.1) is 11.8 Å². The Bertz CT molecular complexity index is 360. The summed E-state index contributed by atoms with van der Waals surface area (Å²) in [5.74, 6) is 0.658. The number of pyridine rings is 1. The number of carbonyl (C=O) groups excluding carboxylic acids is 1. The molecule has 0 fully saturated rings. The van der Waals surface area contributed by atoms with Crippen LogP contribution in [0.4, 0.5) is 0 Å². The topological polar surface area (TPSA) is 39.2 Å². The third-order valence-electron chi connectivity index (χ3n) is 1.60. The lowest BCUT2D eigenvalue weighted by Crippen LogP contribution is -2.03. The van der Waals surface area contributed by atoms with Crippen molar-refractivity contribution < 1.29 is 9.53 Å². The van der Waals surface area contributed by atoms with Crippen LogP contribution in [0.15, 0.2) is 12.1 Å². The second-order valence-corrected chi connectivity index (χ2v) is 4.38. The van der Waals surface area contributed by atoms with E-state index in [0.717, 1.165) is 5.56 Å². The van der Waals surface area contributed by atoms with E-state index < -0.39 is 0 Å². The van der Waals surface area contributed by atoms with E-state index in [1.165, 1.54) is 18.9 Å². The molecule has 82 valence electrons. The van der Waals surface area contributed by atoms with Crippen molar-refractivity contribution in [3.8, 4) is 0 Å². The van der Waals surface area contributed by atoms with Gasteiger partial charge in [-0.25, -0.2) is 4.98 Å². The number of hydrogen-bond acceptors (Lipinski definition) is 4. The highest BCUT2D eigenvalue weighted by Gasteiger charge is 2.05. The highest BCUT2D eigenvalue weighted by Crippen LogP contribution is 2.21. The molecule has 0 unspecified atom stereocenters. The molecule has 0 aliphatic rings. The van der Waals surface area contributed by atoms with Gasteiger partial charge in [-0.1, -0.05) is 29.3 Å². The SMILES string of the molecule is COC(=O)CSCc1ccc(Cl)nc1Cl. The van der Waals surface area contributed by atoms with Gasteiger partial charge in [0.05, 0.1) is 12.9 Å². The fourth-order valence-corrected chi connectivity index (χ4v) is 2.18. The molecule has 1 aromatic rings. The second kappa shape index (κ2) is 6.20. The Morgan fingerprint density at radius 1 is 1.53 bits per heavy atom. The van der Waals surface area contributed by atoms with E-state index in [4.69, 9.17) is 23.2 Å². The molecule has 0 aliphatic heterocycles. The fraction of sp³-hybridized carbons (Fsp3) is 0.333. The number of aromatic nitrogens is 1. The minimum absolute atomic E-state index is 0.252. The molecule has 15 heavy (non-hydrogen) atoms. The number of esters is 1. The Balaban J connectivity index is 2.47. The van der Waals surface area contributed by atoms with Crippen molar-refractivity contribution in [1.82, 2.24) is 4.98 Å². The van der Waals surface area contributed by atoms with Gasteiger partial charge < -0.3 is 4.74 Å². The molecule has 0 amide bonds. The van der Waals surface area contributed by atoms with Gasteiger partial charge in [0.25, 0.3) is 0 Å². The lowest BCUT2D eigenvalue weighted by Gasteiger charge is -2.03. The van der Waals surface area contributed by atoms with E-state index in [1.807, 2.05) is 0 Å². The van der Waals surface area contributed by atoms with Crippen molar-refractivity contribution in [1.29, 1.82) is 0 Å². The van der Waals surface area contributed by atoms with Crippen LogP contribution in [0, 0.1) is 0 Å². The predicted octanol–water partition coefficient (Wildman–Crippen LogP) is 2.79. The first-order valence-electron chi connectivity index (χ1n) is 4.09. The van der Waals surface area contributed by atoms with E-state index in [-0.39, 0.29) is 5.97 Å². The van der Waals surface area contributed by atoms with Crippen molar-refractivity contribution in [3.63, 3.8) is 0 Å². The summed E-state index contributed by atoms with van der Waals surface area (Å²) in [5.41, 5.74) is 0.856. The summed E-state index contributed by atoms with van der Waals surface area (Å²) in [4.78, 5) is 14.7. The monoisotopic (exact) mass is 265 g/mol. The zero-order valence-electron chi connectivity index (χ0n) is 8.00. The van der Waals surface area contributed by atoms with Gasteiger partial charge in [-0.2, -0.15) is 0 Å². The first kappa shape index (κ1) is 12.6. The van der Waals surface area contributed by atoms with Crippen LogP contribution in [0.1, 0.15) is 5.56 Å². The molecule has 0 atom stereocenters. The summed E-state index contributed by atoms with van der Waals surface area (Å²) in [5, 5.41) is 0.738. The van der Waals surface area contributed by atoms with Crippen LogP contribution in [0.2, 0.25) is 10.3 Å². The minimum atomic E-state index is -0.252. The molecule has 0 bridgehead atoms. The van der Waals surface area contributed by atoms with E-state index in [0.29, 0.717) is 21.8 Å². The smallest absolute Gasteiger partial charge is 0.315 e. The Labute approximate surface area is 102 Å². The fourth-order valence-electron chi connectivity index (χ4n) is 0.852. The maximum absolute atomic E-state index is 10.8. The number of thioether (sulfide) groups is 1. The van der Waals surface area contributed by atoms with Crippen molar-refractivity contribution in [2.24, 2.45) is 0 Å². The van der Waals surface area contributed by atoms with Gasteiger partial charge in [0, 0.05) is 5.75 Å². The summed E-state index contributed by atoms with van der Waals surface area (Å²) < 4.78 is 4.51. The van der Waals surface area contributed by atoms with Crippen LogP contribution >= 0.6 is 35.0 Å². The van der Waals surface area contributed by atoms with Crippen molar-refractivity contribution >= 4 is 40.9 Å². The zero-order valence-corrected chi connectivity index (χ0v) is 10.3. The third-order valence-corrected chi connectivity index (χ3v) is 3.09. The zero-order chi connectivity index (χ0) is 11.3. The standard InChI is InChI=1S/C9H9Cl2NO2S/c1-14-8(13)5-15-4-6-2-3-7(10)12-9(6)11/h2-3H,4-5H2,1H3. The molecule has 0 aliphatic carbocycles. The average Bonchev–Trinajstić information content (AvgIpc) is 2.21. The Morgan fingerprint density at radius 2 is 2.27 bits per heavy atom. The van der Waals surface area contributed by atoms with E-state index in [9.17, 15) is 4.79 Å². The predicted molar refractivity (Wildman–Crippen MR) is 62.4 cm³/mol. The summed E-state index contributed by atoms with van der Waals surface area (Å²) >= 11 is 12.9. The first-order chi connectivity index (χ1) is 7.13. The molecule has 0 saturated heterocycles. The second-order valence-electron chi connectivity index (χ2n) is 2.65. The molecule has 0 spiro atoms. The maximum atomic E-state index is 10.8. The number of rotatable bonds is 4. The van der Waals surface area contributed by atoms with Crippen molar-refractivity contribution in [2.45, 2.75) is 5.75 Å². The van der Waals surface area contributed by atoms with Crippen LogP contribution in [0.25, 0.3) is 0 Å². The molecule has 0 radical (unpaired) electrons. The van der Waals surface area contributed by atoms with Gasteiger partial charge in [0.1, 0.15) is 10.3 Å². The van der Waals surface area contributed by atoms with E-state index in [1.54, 1.807) is 12.1 Å². The van der Waals surface area contributed by atoms with Crippen molar-refractivity contribution in [2.75, 3.05) is 12.9 Å². The molecular formula is C9H9Cl2NO2S. The lowest BCUT2D eigenvalue weighted by molar-refractivity contribution is -0.137. The number of halogens is 2. The van der Waals surface area contributed by atoms with Crippen LogP contribution in [0.3, 0.4) is 0 Å². The van der Waals surface area contributed by atoms with Gasteiger partial charge >= 0.3 is 5.97 Å². The molecule has 0 N–H and O–H groups in total. The Hall–Kier alpha value is -0.450. The number of nitrogens with zero attached hydrogens (tertiary/aromatic N) is 1. The van der Waals surface area contributed by atoms with E-state index in [2.05, 4.69) is 9.72 Å². The normalized spacial score (nSPS) is 10.1. The first-order valence-corrected chi connectivity index (χ1v) is 6.00. The van der Waals surface area contributed by atoms with Gasteiger partial charge in [-0.05, 0) is 11.6 Å². The Morgan fingerprint density at radius 3 is 2.87 bits per heavy atom. The Kier molecular flexibility index (Phi) is 5.22. The van der Waals surface area contributed by atoms with Gasteiger partial charge in [0.2, 0.25) is 0 Å². The molecule has 1 heterocycles. The molecule has 6 heteroatoms. The van der Waals surface area contributed by atoms with Crippen molar-refractivity contribution in [3.05, 3.63) is 28.0 Å². The molecular weight excluding hydrogens is 257 g/mol. The average molecular weight is 266 g/mol. The quantitative estimate of drug-likeness (QED) is 0.620. The highest BCUT2D eigenvalue weighted by molar-refractivity contribution is 7.99. The summed E-state index contributed by atoms with van der Waals surface area (Å²) in [6.07, 6.45) is 0. The largest absolute Gasteiger partial charge is 0.468 e. The maximum Gasteiger partial charge on any atom is 0.315 e. The number of ether oxygens (including phenoxy) is 1. The summed E-state index contributed by atoms with van der Waals surface area (Å²) in [7, 11) is 1.36. The summed E-state index contributed by atoms with van der Waals surface area (Å²) in [6, 6.07) is 3.46. The third kappa shape index (κ3) is 4.28. The number of hydrogen-bond donors (Lipinski definition) is 0.